The Balaban J connectivity index is 2.19. The summed E-state index contributed by atoms with van der Waals surface area (Å²) in [5.41, 5.74) is 6.37. The molecule has 1 fully saturated rings. The fraction of sp³-hybridized carbons (Fsp3) is 0.462. The highest BCUT2D eigenvalue weighted by atomic mass is 16.2. The minimum atomic E-state index is -0.393. The quantitative estimate of drug-likeness (QED) is 0.765. The Morgan fingerprint density at radius 3 is 2.50 bits per heavy atom. The maximum Gasteiger partial charge on any atom is 0.278 e. The van der Waals surface area contributed by atoms with Gasteiger partial charge in [0.05, 0.1) is 20.0 Å². The van der Waals surface area contributed by atoms with Crippen LogP contribution in [0.3, 0.4) is 0 Å². The van der Waals surface area contributed by atoms with Gasteiger partial charge in [-0.25, -0.2) is 0 Å². The van der Waals surface area contributed by atoms with Gasteiger partial charge in [-0.3, -0.25) is 4.79 Å². The molecule has 1 aliphatic heterocycles. The lowest BCUT2D eigenvalue weighted by atomic mass is 9.81. The Morgan fingerprint density at radius 1 is 1.44 bits per heavy atom. The molecule has 3 nitrogen and oxygen atoms in total. The standard InChI is InChI=1S/C13H18N2O/c1-13(12(14)16)8-9-15(13,2)10-11-6-4-3-5-7-11/h3-7H,8-10H2,1-2H3,(H-,14,16)/p+1/t13-,15?/m0/s1. The number of benzene rings is 1. The smallest absolute Gasteiger partial charge is 0.278 e. The van der Waals surface area contributed by atoms with Crippen LogP contribution in [-0.4, -0.2) is 29.5 Å². The number of carbonyl (C=O) groups excluding carboxylic acids is 1. The predicted octanol–water partition coefficient (Wildman–Crippen LogP) is 1.28. The van der Waals surface area contributed by atoms with E-state index in [0.29, 0.717) is 0 Å². The highest BCUT2D eigenvalue weighted by Crippen LogP contribution is 2.38. The summed E-state index contributed by atoms with van der Waals surface area (Å²) in [6.07, 6.45) is 0.895. The Morgan fingerprint density at radius 2 is 2.06 bits per heavy atom. The minimum Gasteiger partial charge on any atom is -0.364 e. The van der Waals surface area contributed by atoms with E-state index in [4.69, 9.17) is 5.73 Å². The number of quaternary nitrogens is 1. The van der Waals surface area contributed by atoms with Crippen LogP contribution in [-0.2, 0) is 11.3 Å². The van der Waals surface area contributed by atoms with Gasteiger partial charge in [0.1, 0.15) is 6.54 Å². The average Bonchev–Trinajstić information content (AvgIpc) is 2.27. The normalized spacial score (nSPS) is 33.1. The number of likely N-dealkylation sites (tertiary alicyclic amines) is 1. The predicted molar refractivity (Wildman–Crippen MR) is 63.4 cm³/mol. The summed E-state index contributed by atoms with van der Waals surface area (Å²) in [6.45, 7) is 3.87. The van der Waals surface area contributed by atoms with Crippen LogP contribution in [0, 0.1) is 0 Å². The van der Waals surface area contributed by atoms with Gasteiger partial charge in [-0.1, -0.05) is 30.3 Å². The topological polar surface area (TPSA) is 43.1 Å². The molecule has 0 bridgehead atoms. The van der Waals surface area contributed by atoms with E-state index in [-0.39, 0.29) is 5.91 Å². The first-order chi connectivity index (χ1) is 7.48. The first-order valence-electron chi connectivity index (χ1n) is 5.66. The average molecular weight is 219 g/mol. The molecule has 2 atom stereocenters. The van der Waals surface area contributed by atoms with Gasteiger partial charge < -0.3 is 10.2 Å². The number of likely N-dealkylation sites (N-methyl/N-ethyl adjacent to an activating group) is 1. The van der Waals surface area contributed by atoms with E-state index in [1.165, 1.54) is 5.56 Å². The van der Waals surface area contributed by atoms with Crippen LogP contribution < -0.4 is 5.73 Å². The van der Waals surface area contributed by atoms with Crippen molar-refractivity contribution in [1.82, 2.24) is 0 Å². The molecule has 16 heavy (non-hydrogen) atoms. The van der Waals surface area contributed by atoms with Crippen molar-refractivity contribution in [3.63, 3.8) is 0 Å². The van der Waals surface area contributed by atoms with E-state index in [2.05, 4.69) is 19.2 Å². The van der Waals surface area contributed by atoms with Crippen molar-refractivity contribution in [2.45, 2.75) is 25.4 Å². The van der Waals surface area contributed by atoms with Gasteiger partial charge in [-0.05, 0) is 0 Å². The molecule has 2 rings (SSSR count). The Labute approximate surface area is 96.5 Å². The molecule has 0 saturated carbocycles. The molecule has 1 aliphatic rings. The molecule has 0 aliphatic carbocycles. The van der Waals surface area contributed by atoms with Crippen molar-refractivity contribution in [2.75, 3.05) is 13.6 Å². The van der Waals surface area contributed by atoms with Gasteiger partial charge >= 0.3 is 0 Å². The van der Waals surface area contributed by atoms with Gasteiger partial charge in [0.15, 0.2) is 5.54 Å². The highest BCUT2D eigenvalue weighted by molar-refractivity contribution is 5.83. The lowest BCUT2D eigenvalue weighted by molar-refractivity contribution is -0.999. The van der Waals surface area contributed by atoms with Crippen LogP contribution in [0.5, 0.6) is 0 Å². The van der Waals surface area contributed by atoms with Crippen molar-refractivity contribution < 1.29 is 9.28 Å². The van der Waals surface area contributed by atoms with E-state index in [9.17, 15) is 4.79 Å². The summed E-state index contributed by atoms with van der Waals surface area (Å²) in [5.74, 6) is -0.183. The van der Waals surface area contributed by atoms with E-state index in [1.807, 2.05) is 25.1 Å². The van der Waals surface area contributed by atoms with Crippen LogP contribution in [0.1, 0.15) is 18.9 Å². The van der Waals surface area contributed by atoms with E-state index >= 15 is 0 Å². The van der Waals surface area contributed by atoms with Crippen LogP contribution in [0.2, 0.25) is 0 Å². The van der Waals surface area contributed by atoms with Crippen LogP contribution in [0.25, 0.3) is 0 Å². The van der Waals surface area contributed by atoms with Crippen LogP contribution in [0.4, 0.5) is 0 Å². The monoisotopic (exact) mass is 219 g/mol. The van der Waals surface area contributed by atoms with Crippen molar-refractivity contribution >= 4 is 5.91 Å². The third-order valence-corrected chi connectivity index (χ3v) is 4.19. The number of amides is 1. The van der Waals surface area contributed by atoms with Crippen molar-refractivity contribution in [3.8, 4) is 0 Å². The first-order valence-corrected chi connectivity index (χ1v) is 5.66. The number of carbonyl (C=O) groups is 1. The first kappa shape index (κ1) is 11.1. The Kier molecular flexibility index (Phi) is 2.50. The van der Waals surface area contributed by atoms with Crippen LogP contribution >= 0.6 is 0 Å². The molecule has 0 radical (unpaired) electrons. The fourth-order valence-electron chi connectivity index (χ4n) is 2.46. The molecular formula is C13H19N2O+. The lowest BCUT2D eigenvalue weighted by Crippen LogP contribution is -2.74. The molecule has 1 amide bonds. The zero-order valence-corrected chi connectivity index (χ0v) is 9.94. The number of rotatable bonds is 3. The Hall–Kier alpha value is -1.35. The van der Waals surface area contributed by atoms with Gasteiger partial charge in [0, 0.05) is 12.5 Å². The summed E-state index contributed by atoms with van der Waals surface area (Å²) >= 11 is 0. The van der Waals surface area contributed by atoms with Crippen LogP contribution in [0.15, 0.2) is 30.3 Å². The van der Waals surface area contributed by atoms with Crippen molar-refractivity contribution in [2.24, 2.45) is 5.73 Å². The lowest BCUT2D eigenvalue weighted by Gasteiger charge is -2.55. The second-order valence-corrected chi connectivity index (χ2v) is 5.15. The molecule has 86 valence electrons. The molecule has 0 spiro atoms. The zero-order valence-electron chi connectivity index (χ0n) is 9.94. The minimum absolute atomic E-state index is 0.183. The second kappa shape index (κ2) is 3.59. The van der Waals surface area contributed by atoms with Gasteiger partial charge in [0.2, 0.25) is 0 Å². The molecule has 1 heterocycles. The SMILES string of the molecule is C[C@@]1(C(N)=O)CC[N+]1(C)Cc1ccccc1. The third kappa shape index (κ3) is 1.52. The van der Waals surface area contributed by atoms with Gasteiger partial charge in [-0.15, -0.1) is 0 Å². The molecule has 1 aromatic carbocycles. The number of nitrogens with two attached hydrogens (primary N) is 1. The molecular weight excluding hydrogens is 200 g/mol. The number of hydrogen-bond donors (Lipinski definition) is 1. The number of hydrogen-bond acceptors (Lipinski definition) is 1. The molecule has 3 heteroatoms. The van der Waals surface area contributed by atoms with E-state index in [1.54, 1.807) is 0 Å². The maximum absolute atomic E-state index is 11.5. The Bertz CT molecular complexity index is 404. The number of primary amides is 1. The highest BCUT2D eigenvalue weighted by Gasteiger charge is 2.57. The number of nitrogens with zero attached hydrogens (tertiary/aromatic N) is 1. The molecule has 1 aromatic rings. The fourth-order valence-corrected chi connectivity index (χ4v) is 2.46. The summed E-state index contributed by atoms with van der Waals surface area (Å²) < 4.78 is 0.729. The largest absolute Gasteiger partial charge is 0.364 e. The third-order valence-electron chi connectivity index (χ3n) is 4.19. The van der Waals surface area contributed by atoms with Crippen molar-refractivity contribution in [1.29, 1.82) is 0 Å². The molecule has 2 N–H and O–H groups in total. The summed E-state index contributed by atoms with van der Waals surface area (Å²) in [6, 6.07) is 10.3. The van der Waals surface area contributed by atoms with Crippen molar-refractivity contribution in [3.05, 3.63) is 35.9 Å². The van der Waals surface area contributed by atoms with E-state index < -0.39 is 5.54 Å². The summed E-state index contributed by atoms with van der Waals surface area (Å²) in [5, 5.41) is 0. The maximum atomic E-state index is 11.5. The van der Waals surface area contributed by atoms with Gasteiger partial charge in [0.25, 0.3) is 5.91 Å². The second-order valence-electron chi connectivity index (χ2n) is 5.15. The van der Waals surface area contributed by atoms with Gasteiger partial charge in [-0.2, -0.15) is 0 Å². The van der Waals surface area contributed by atoms with E-state index in [0.717, 1.165) is 24.0 Å². The zero-order chi connectivity index (χ0) is 11.8. The molecule has 0 aromatic heterocycles. The summed E-state index contributed by atoms with van der Waals surface area (Å²) in [7, 11) is 2.11. The summed E-state index contributed by atoms with van der Waals surface area (Å²) in [4.78, 5) is 11.5. The molecule has 1 unspecified atom stereocenters. The molecule has 1 saturated heterocycles.